The van der Waals surface area contributed by atoms with Crippen LogP contribution in [0.4, 0.5) is 13.2 Å². The van der Waals surface area contributed by atoms with Gasteiger partial charge in [0.2, 0.25) is 0 Å². The number of hydrogen-bond acceptors (Lipinski definition) is 5. The van der Waals surface area contributed by atoms with Crippen LogP contribution in [-0.4, -0.2) is 38.0 Å². The van der Waals surface area contributed by atoms with E-state index in [-0.39, 0.29) is 6.23 Å². The van der Waals surface area contributed by atoms with Crippen LogP contribution in [0.2, 0.25) is 0 Å². The summed E-state index contributed by atoms with van der Waals surface area (Å²) in [5, 5.41) is 4.00. The second-order valence-electron chi connectivity index (χ2n) is 5.05. The minimum atomic E-state index is -4.39. The monoisotopic (exact) mass is 313 g/mol. The highest BCUT2D eigenvalue weighted by Crippen LogP contribution is 2.32. The molecule has 0 amide bonds. The Morgan fingerprint density at radius 3 is 2.86 bits per heavy atom. The largest absolute Gasteiger partial charge is 0.417 e. The molecular weight excluding hydrogens is 299 g/mol. The fraction of sp³-hybridized carbons (Fsp3) is 0.462. The van der Waals surface area contributed by atoms with E-state index in [1.54, 1.807) is 18.1 Å². The Morgan fingerprint density at radius 2 is 2.23 bits per heavy atom. The van der Waals surface area contributed by atoms with Crippen LogP contribution in [0.5, 0.6) is 0 Å². The molecule has 2 aromatic heterocycles. The van der Waals surface area contributed by atoms with Gasteiger partial charge in [-0.3, -0.25) is 9.88 Å². The van der Waals surface area contributed by atoms with Crippen LogP contribution in [0.15, 0.2) is 24.9 Å². The van der Waals surface area contributed by atoms with E-state index in [0.717, 1.165) is 12.3 Å². The highest BCUT2D eigenvalue weighted by molar-refractivity contribution is 5.29. The van der Waals surface area contributed by atoms with E-state index in [9.17, 15) is 13.2 Å². The van der Waals surface area contributed by atoms with Crippen molar-refractivity contribution in [2.75, 3.05) is 7.11 Å². The van der Waals surface area contributed by atoms with E-state index in [1.807, 2.05) is 4.90 Å². The summed E-state index contributed by atoms with van der Waals surface area (Å²) in [5.41, 5.74) is 0.459. The average Bonchev–Trinajstić information content (AvgIpc) is 2.98. The van der Waals surface area contributed by atoms with Gasteiger partial charge in [-0.25, -0.2) is 9.67 Å². The minimum Gasteiger partial charge on any atom is -0.366 e. The Morgan fingerprint density at radius 1 is 1.41 bits per heavy atom. The number of ether oxygens (including phenoxy) is 1. The predicted octanol–water partition coefficient (Wildman–Crippen LogP) is 1.68. The first-order valence-electron chi connectivity index (χ1n) is 6.61. The van der Waals surface area contributed by atoms with Crippen molar-refractivity contribution >= 4 is 0 Å². The molecule has 6 nitrogen and oxygen atoms in total. The van der Waals surface area contributed by atoms with E-state index >= 15 is 0 Å². The average molecular weight is 313 g/mol. The highest BCUT2D eigenvalue weighted by Gasteiger charge is 2.34. The third kappa shape index (κ3) is 2.95. The maximum Gasteiger partial charge on any atom is 0.417 e. The number of aromatic nitrogens is 4. The number of hydrogen-bond donors (Lipinski definition) is 0. The van der Waals surface area contributed by atoms with Gasteiger partial charge in [0.1, 0.15) is 18.9 Å². The molecular formula is C13H14F3N5O. The molecule has 118 valence electrons. The van der Waals surface area contributed by atoms with Crippen LogP contribution in [0.3, 0.4) is 0 Å². The molecule has 22 heavy (non-hydrogen) atoms. The van der Waals surface area contributed by atoms with Gasteiger partial charge >= 0.3 is 6.18 Å². The number of nitrogens with zero attached hydrogens (tertiary/aromatic N) is 5. The molecule has 3 heterocycles. The molecule has 3 rings (SSSR count). The lowest BCUT2D eigenvalue weighted by atomic mass is 10.0. The van der Waals surface area contributed by atoms with Crippen LogP contribution in [0.25, 0.3) is 0 Å². The second kappa shape index (κ2) is 5.65. The molecule has 1 unspecified atom stereocenters. The maximum absolute atomic E-state index is 12.8. The number of rotatable bonds is 3. The summed E-state index contributed by atoms with van der Waals surface area (Å²) in [6.45, 7) is 0.693. The topological polar surface area (TPSA) is 56.1 Å². The summed E-state index contributed by atoms with van der Waals surface area (Å²) in [4.78, 5) is 9.69. The number of halogens is 3. The molecule has 0 saturated heterocycles. The maximum atomic E-state index is 12.8. The third-order valence-corrected chi connectivity index (χ3v) is 3.60. The molecule has 0 radical (unpaired) electrons. The number of pyridine rings is 1. The van der Waals surface area contributed by atoms with Gasteiger partial charge in [-0.15, -0.1) is 0 Å². The Bertz CT molecular complexity index is 644. The summed E-state index contributed by atoms with van der Waals surface area (Å²) < 4.78 is 45.4. The molecule has 0 bridgehead atoms. The summed E-state index contributed by atoms with van der Waals surface area (Å²) in [7, 11) is 1.56. The number of alkyl halides is 3. The molecule has 0 aromatic carbocycles. The molecule has 1 aliphatic heterocycles. The van der Waals surface area contributed by atoms with E-state index in [4.69, 9.17) is 4.74 Å². The smallest absolute Gasteiger partial charge is 0.366 e. The quantitative estimate of drug-likeness (QED) is 0.863. The van der Waals surface area contributed by atoms with Crippen LogP contribution < -0.4 is 0 Å². The molecule has 0 aliphatic carbocycles. The van der Waals surface area contributed by atoms with Crippen molar-refractivity contribution in [3.63, 3.8) is 0 Å². The van der Waals surface area contributed by atoms with Crippen LogP contribution >= 0.6 is 0 Å². The standard InChI is InChI=1S/C13H14F3N5O/c1-22-12-3-11-9(2-10(4-18-11)13(14,15)16)5-20(12)8-21-7-17-6-19-21/h2,4,6-7,12H,3,5,8H2,1H3. The van der Waals surface area contributed by atoms with Crippen molar-refractivity contribution < 1.29 is 17.9 Å². The fourth-order valence-corrected chi connectivity index (χ4v) is 2.49. The van der Waals surface area contributed by atoms with E-state index < -0.39 is 11.7 Å². The van der Waals surface area contributed by atoms with Crippen molar-refractivity contribution in [2.24, 2.45) is 0 Å². The third-order valence-electron chi connectivity index (χ3n) is 3.60. The van der Waals surface area contributed by atoms with Gasteiger partial charge in [-0.05, 0) is 11.6 Å². The summed E-state index contributed by atoms with van der Waals surface area (Å²) in [6.07, 6.45) is -0.398. The number of fused-ring (bicyclic) bond motifs is 1. The molecule has 0 spiro atoms. The van der Waals surface area contributed by atoms with Gasteiger partial charge in [0.15, 0.2) is 0 Å². The van der Waals surface area contributed by atoms with Crippen LogP contribution in [0.1, 0.15) is 16.8 Å². The normalized spacial score (nSPS) is 19.2. The predicted molar refractivity (Wildman–Crippen MR) is 69.3 cm³/mol. The Hall–Kier alpha value is -2.00. The first kappa shape index (κ1) is 14.9. The Labute approximate surface area is 124 Å². The van der Waals surface area contributed by atoms with Gasteiger partial charge in [-0.1, -0.05) is 0 Å². The van der Waals surface area contributed by atoms with Gasteiger partial charge in [0, 0.05) is 32.0 Å². The zero-order valence-corrected chi connectivity index (χ0v) is 11.8. The highest BCUT2D eigenvalue weighted by atomic mass is 19.4. The Kier molecular flexibility index (Phi) is 3.83. The zero-order chi connectivity index (χ0) is 15.7. The van der Waals surface area contributed by atoms with Crippen LogP contribution in [0, 0.1) is 0 Å². The van der Waals surface area contributed by atoms with Gasteiger partial charge in [0.05, 0.1) is 12.2 Å². The van der Waals surface area contributed by atoms with Crippen molar-refractivity contribution in [3.05, 3.63) is 41.7 Å². The van der Waals surface area contributed by atoms with Crippen molar-refractivity contribution in [1.82, 2.24) is 24.6 Å². The minimum absolute atomic E-state index is 0.263. The van der Waals surface area contributed by atoms with Crippen molar-refractivity contribution in [1.29, 1.82) is 0 Å². The van der Waals surface area contributed by atoms with Gasteiger partial charge in [-0.2, -0.15) is 18.3 Å². The molecule has 1 atom stereocenters. The fourth-order valence-electron chi connectivity index (χ4n) is 2.49. The van der Waals surface area contributed by atoms with E-state index in [1.165, 1.54) is 6.33 Å². The molecule has 2 aromatic rings. The summed E-state index contributed by atoms with van der Waals surface area (Å²) in [5.74, 6) is 0. The SMILES string of the molecule is COC1Cc2ncc(C(F)(F)F)cc2CN1Cn1cncn1. The van der Waals surface area contributed by atoms with Crippen molar-refractivity contribution in [2.45, 2.75) is 32.0 Å². The lowest BCUT2D eigenvalue weighted by molar-refractivity contribution is -0.138. The molecule has 0 saturated carbocycles. The van der Waals surface area contributed by atoms with E-state index in [0.29, 0.717) is 30.9 Å². The first-order chi connectivity index (χ1) is 10.5. The first-order valence-corrected chi connectivity index (χ1v) is 6.61. The van der Waals surface area contributed by atoms with Gasteiger partial charge < -0.3 is 4.74 Å². The molecule has 0 N–H and O–H groups in total. The molecule has 0 fully saturated rings. The van der Waals surface area contributed by atoms with Crippen LogP contribution in [-0.2, 0) is 30.5 Å². The molecule has 1 aliphatic rings. The summed E-state index contributed by atoms with van der Waals surface area (Å²) >= 11 is 0. The second-order valence-corrected chi connectivity index (χ2v) is 5.05. The lowest BCUT2D eigenvalue weighted by Gasteiger charge is -2.35. The van der Waals surface area contributed by atoms with Gasteiger partial charge in [0.25, 0.3) is 0 Å². The number of methoxy groups -OCH3 is 1. The summed E-state index contributed by atoms with van der Waals surface area (Å²) in [6, 6.07) is 1.16. The van der Waals surface area contributed by atoms with Crippen molar-refractivity contribution in [3.8, 4) is 0 Å². The van der Waals surface area contributed by atoms with E-state index in [2.05, 4.69) is 15.1 Å². The molecule has 9 heteroatoms. The zero-order valence-electron chi connectivity index (χ0n) is 11.8. The Balaban J connectivity index is 1.87. The lowest BCUT2D eigenvalue weighted by Crippen LogP contribution is -2.43.